The third-order valence-electron chi connectivity index (χ3n) is 6.36. The molecule has 1 aliphatic carbocycles. The Hall–Kier alpha value is -3.46. The molecule has 1 fully saturated rings. The minimum atomic E-state index is -0.406. The van der Waals surface area contributed by atoms with Crippen molar-refractivity contribution >= 4 is 17.5 Å². The minimum absolute atomic E-state index is 0.104. The molecule has 0 saturated carbocycles. The van der Waals surface area contributed by atoms with Crippen LogP contribution in [-0.2, 0) is 9.59 Å². The van der Waals surface area contributed by atoms with Crippen LogP contribution in [0.5, 0.6) is 0 Å². The summed E-state index contributed by atoms with van der Waals surface area (Å²) in [5.74, 6) is -1.24. The van der Waals surface area contributed by atoms with E-state index in [4.69, 9.17) is 0 Å². The van der Waals surface area contributed by atoms with Crippen LogP contribution in [0, 0.1) is 18.8 Å². The van der Waals surface area contributed by atoms with Gasteiger partial charge >= 0.3 is 0 Å². The molecule has 2 aliphatic rings. The Balaban J connectivity index is 1.63. The number of amides is 2. The van der Waals surface area contributed by atoms with Gasteiger partial charge in [-0.1, -0.05) is 90.5 Å². The number of imide groups is 1. The third-order valence-corrected chi connectivity index (χ3v) is 6.36. The molecule has 0 spiro atoms. The Labute approximate surface area is 176 Å². The van der Waals surface area contributed by atoms with Gasteiger partial charge in [-0.2, -0.15) is 0 Å². The lowest BCUT2D eigenvalue weighted by atomic mass is 9.68. The molecule has 3 nitrogen and oxygen atoms in total. The molecule has 0 radical (unpaired) electrons. The summed E-state index contributed by atoms with van der Waals surface area (Å²) in [7, 11) is 0. The molecule has 0 bridgehead atoms. The summed E-state index contributed by atoms with van der Waals surface area (Å²) in [4.78, 5) is 28.7. The first-order valence-corrected chi connectivity index (χ1v) is 10.4. The predicted molar refractivity (Wildman–Crippen MR) is 118 cm³/mol. The Kier molecular flexibility index (Phi) is 4.59. The molecule has 3 aromatic rings. The van der Waals surface area contributed by atoms with Crippen molar-refractivity contribution < 1.29 is 9.59 Å². The molecule has 5 rings (SSSR count). The standard InChI is InChI=1S/C27H23NO2/c1-18-12-14-21(15-13-18)28-26(29)24-22(19-8-4-2-5-9-19)16-17-23(25(24)27(28)30)20-10-6-3-7-11-20/h2-17,22-25H,1H3/t22-,23-,24-,25+/m1/s1. The first kappa shape index (κ1) is 18.6. The van der Waals surface area contributed by atoms with Gasteiger partial charge in [0.05, 0.1) is 17.5 Å². The summed E-state index contributed by atoms with van der Waals surface area (Å²) >= 11 is 0. The Morgan fingerprint density at radius 3 is 1.47 bits per heavy atom. The summed E-state index contributed by atoms with van der Waals surface area (Å²) < 4.78 is 0. The molecule has 3 heteroatoms. The second-order valence-electron chi connectivity index (χ2n) is 8.16. The highest BCUT2D eigenvalue weighted by molar-refractivity contribution is 6.23. The largest absolute Gasteiger partial charge is 0.274 e. The van der Waals surface area contributed by atoms with Gasteiger partial charge in [0.15, 0.2) is 0 Å². The van der Waals surface area contributed by atoms with E-state index in [2.05, 4.69) is 12.2 Å². The van der Waals surface area contributed by atoms with Gasteiger partial charge < -0.3 is 0 Å². The second-order valence-corrected chi connectivity index (χ2v) is 8.16. The number of anilines is 1. The maximum absolute atomic E-state index is 13.7. The van der Waals surface area contributed by atoms with Crippen LogP contribution in [0.3, 0.4) is 0 Å². The van der Waals surface area contributed by atoms with E-state index >= 15 is 0 Å². The maximum atomic E-state index is 13.7. The number of nitrogens with zero attached hydrogens (tertiary/aromatic N) is 1. The van der Waals surface area contributed by atoms with Gasteiger partial charge in [-0.25, -0.2) is 4.90 Å². The quantitative estimate of drug-likeness (QED) is 0.451. The highest BCUT2D eigenvalue weighted by Crippen LogP contribution is 2.50. The van der Waals surface area contributed by atoms with Crippen LogP contribution in [0.2, 0.25) is 0 Å². The SMILES string of the molecule is Cc1ccc(N2C(=O)[C@@H]3[C@H](C2=O)[C@@H](c2ccccc2)C=C[C@@H]3c2ccccc2)cc1. The van der Waals surface area contributed by atoms with Crippen molar-refractivity contribution in [3.63, 3.8) is 0 Å². The number of aryl methyl sites for hydroxylation is 1. The Morgan fingerprint density at radius 2 is 1.03 bits per heavy atom. The van der Waals surface area contributed by atoms with E-state index < -0.39 is 11.8 Å². The number of rotatable bonds is 3. The summed E-state index contributed by atoms with van der Waals surface area (Å²) in [6, 6.07) is 27.7. The average molecular weight is 393 g/mol. The van der Waals surface area contributed by atoms with Gasteiger partial charge in [0, 0.05) is 11.8 Å². The molecule has 0 N–H and O–H groups in total. The van der Waals surface area contributed by atoms with Crippen LogP contribution < -0.4 is 4.90 Å². The number of carbonyl (C=O) groups excluding carboxylic acids is 2. The number of hydrogen-bond donors (Lipinski definition) is 0. The number of carbonyl (C=O) groups is 2. The summed E-state index contributed by atoms with van der Waals surface area (Å²) in [6.07, 6.45) is 4.25. The lowest BCUT2D eigenvalue weighted by Crippen LogP contribution is -2.31. The van der Waals surface area contributed by atoms with E-state index in [1.54, 1.807) is 0 Å². The van der Waals surface area contributed by atoms with Crippen LogP contribution in [-0.4, -0.2) is 11.8 Å². The van der Waals surface area contributed by atoms with Crippen molar-refractivity contribution in [2.24, 2.45) is 11.8 Å². The Morgan fingerprint density at radius 1 is 0.600 bits per heavy atom. The van der Waals surface area contributed by atoms with Gasteiger partial charge in [-0.3, -0.25) is 9.59 Å². The lowest BCUT2D eigenvalue weighted by molar-refractivity contribution is -0.122. The van der Waals surface area contributed by atoms with E-state index in [0.717, 1.165) is 16.7 Å². The number of fused-ring (bicyclic) bond motifs is 1. The summed E-state index contributed by atoms with van der Waals surface area (Å²) in [5.41, 5.74) is 3.90. The highest BCUT2D eigenvalue weighted by Gasteiger charge is 2.55. The molecule has 3 aromatic carbocycles. The Bertz CT molecular complexity index is 1040. The summed E-state index contributed by atoms with van der Waals surface area (Å²) in [6.45, 7) is 2.00. The van der Waals surface area contributed by atoms with Crippen molar-refractivity contribution in [1.82, 2.24) is 0 Å². The molecule has 1 aliphatic heterocycles. The molecular weight excluding hydrogens is 370 g/mol. The van der Waals surface area contributed by atoms with Gasteiger partial charge in [0.25, 0.3) is 0 Å². The molecular formula is C27H23NO2. The first-order chi connectivity index (χ1) is 14.6. The van der Waals surface area contributed by atoms with Crippen LogP contribution >= 0.6 is 0 Å². The van der Waals surface area contributed by atoms with Gasteiger partial charge in [0.1, 0.15) is 0 Å². The smallest absolute Gasteiger partial charge is 0.238 e. The summed E-state index contributed by atoms with van der Waals surface area (Å²) in [5, 5.41) is 0. The van der Waals surface area contributed by atoms with Crippen LogP contribution in [0.25, 0.3) is 0 Å². The normalized spacial score (nSPS) is 25.4. The van der Waals surface area contributed by atoms with Crippen LogP contribution in [0.4, 0.5) is 5.69 Å². The maximum Gasteiger partial charge on any atom is 0.238 e. The molecule has 1 saturated heterocycles. The van der Waals surface area contributed by atoms with E-state index in [9.17, 15) is 9.59 Å². The van der Waals surface area contributed by atoms with Crippen molar-refractivity contribution in [2.75, 3.05) is 4.90 Å². The topological polar surface area (TPSA) is 37.4 Å². The van der Waals surface area contributed by atoms with Gasteiger partial charge in [-0.05, 0) is 30.2 Å². The monoisotopic (exact) mass is 393 g/mol. The second kappa shape index (κ2) is 7.42. The fourth-order valence-electron chi connectivity index (χ4n) is 4.88. The van der Waals surface area contributed by atoms with E-state index in [1.807, 2.05) is 91.9 Å². The van der Waals surface area contributed by atoms with Crippen LogP contribution in [0.15, 0.2) is 97.1 Å². The van der Waals surface area contributed by atoms with E-state index in [0.29, 0.717) is 5.69 Å². The zero-order valence-electron chi connectivity index (χ0n) is 16.8. The fraction of sp³-hybridized carbons (Fsp3) is 0.185. The molecule has 30 heavy (non-hydrogen) atoms. The zero-order chi connectivity index (χ0) is 20.7. The van der Waals surface area contributed by atoms with Crippen molar-refractivity contribution in [3.05, 3.63) is 114 Å². The molecule has 4 atom stereocenters. The number of allylic oxidation sites excluding steroid dienone is 2. The number of benzene rings is 3. The van der Waals surface area contributed by atoms with Gasteiger partial charge in [-0.15, -0.1) is 0 Å². The fourth-order valence-corrected chi connectivity index (χ4v) is 4.88. The molecule has 1 heterocycles. The first-order valence-electron chi connectivity index (χ1n) is 10.4. The van der Waals surface area contributed by atoms with Crippen molar-refractivity contribution in [3.8, 4) is 0 Å². The predicted octanol–water partition coefficient (Wildman–Crippen LogP) is 5.24. The molecule has 0 unspecified atom stereocenters. The lowest BCUT2D eigenvalue weighted by Gasteiger charge is -2.32. The van der Waals surface area contributed by atoms with Crippen molar-refractivity contribution in [1.29, 1.82) is 0 Å². The third kappa shape index (κ3) is 2.98. The van der Waals surface area contributed by atoms with E-state index in [1.165, 1.54) is 4.90 Å². The van der Waals surface area contributed by atoms with Crippen molar-refractivity contribution in [2.45, 2.75) is 18.8 Å². The number of hydrogen-bond acceptors (Lipinski definition) is 2. The molecule has 0 aromatic heterocycles. The molecule has 2 amide bonds. The average Bonchev–Trinajstić information content (AvgIpc) is 3.06. The minimum Gasteiger partial charge on any atom is -0.274 e. The van der Waals surface area contributed by atoms with Gasteiger partial charge in [0.2, 0.25) is 11.8 Å². The zero-order valence-corrected chi connectivity index (χ0v) is 16.8. The highest BCUT2D eigenvalue weighted by atomic mass is 16.2. The van der Waals surface area contributed by atoms with E-state index in [-0.39, 0.29) is 23.7 Å². The van der Waals surface area contributed by atoms with Crippen LogP contribution in [0.1, 0.15) is 28.5 Å². The molecule has 148 valence electrons.